The molecule has 2 fully saturated rings. The second-order valence-corrected chi connectivity index (χ2v) is 7.11. The van der Waals surface area contributed by atoms with Gasteiger partial charge in [0.1, 0.15) is 6.29 Å². The van der Waals surface area contributed by atoms with E-state index in [0.717, 1.165) is 25.1 Å². The molecule has 0 bridgehead atoms. The van der Waals surface area contributed by atoms with Crippen LogP contribution in [0.15, 0.2) is 24.3 Å². The van der Waals surface area contributed by atoms with Crippen LogP contribution >= 0.6 is 0 Å². The van der Waals surface area contributed by atoms with Crippen LogP contribution in [-0.4, -0.2) is 49.4 Å². The Morgan fingerprint density at radius 1 is 0.962 bits per heavy atom. The van der Waals surface area contributed by atoms with Gasteiger partial charge in [-0.15, -0.1) is 0 Å². The van der Waals surface area contributed by atoms with Gasteiger partial charge in [-0.25, -0.2) is 0 Å². The largest absolute Gasteiger partial charge is 0.391 e. The van der Waals surface area contributed by atoms with Crippen LogP contribution in [0, 0.1) is 11.8 Å². The lowest BCUT2D eigenvalue weighted by molar-refractivity contribution is -0.187. The molecule has 142 valence electrons. The summed E-state index contributed by atoms with van der Waals surface area (Å²) in [5.41, 5.74) is 1.65. The van der Waals surface area contributed by atoms with Crippen molar-refractivity contribution in [3.8, 4) is 0 Å². The number of anilines is 1. The van der Waals surface area contributed by atoms with Gasteiger partial charge in [0.15, 0.2) is 0 Å². The Labute approximate surface area is 151 Å². The zero-order valence-electron chi connectivity index (χ0n) is 14.5. The number of hydrogen-bond acceptors (Lipinski definition) is 3. The van der Waals surface area contributed by atoms with Gasteiger partial charge in [-0.05, 0) is 49.9 Å². The lowest BCUT2D eigenvalue weighted by Gasteiger charge is -2.38. The molecule has 2 aliphatic rings. The molecule has 0 unspecified atom stereocenters. The first-order valence-electron chi connectivity index (χ1n) is 9.04. The Balaban J connectivity index is 1.50. The monoisotopic (exact) mass is 368 g/mol. The summed E-state index contributed by atoms with van der Waals surface area (Å²) in [6.07, 6.45) is -1.92. The molecule has 1 aromatic carbocycles. The number of carbonyl (C=O) groups excluding carboxylic acids is 2. The van der Waals surface area contributed by atoms with Crippen molar-refractivity contribution in [1.82, 2.24) is 4.90 Å². The number of benzene rings is 1. The van der Waals surface area contributed by atoms with Gasteiger partial charge in [-0.2, -0.15) is 13.2 Å². The van der Waals surface area contributed by atoms with Crippen LogP contribution in [0.3, 0.4) is 0 Å². The highest BCUT2D eigenvalue weighted by molar-refractivity contribution is 5.79. The van der Waals surface area contributed by atoms with Crippen molar-refractivity contribution in [2.24, 2.45) is 11.8 Å². The highest BCUT2D eigenvalue weighted by Crippen LogP contribution is 2.35. The van der Waals surface area contributed by atoms with Gasteiger partial charge in [0.05, 0.1) is 5.92 Å². The molecule has 2 saturated heterocycles. The highest BCUT2D eigenvalue weighted by Gasteiger charge is 2.42. The normalized spacial score (nSPS) is 20.3. The molecule has 0 aromatic heterocycles. The van der Waals surface area contributed by atoms with Crippen molar-refractivity contribution in [2.45, 2.75) is 31.9 Å². The van der Waals surface area contributed by atoms with Crippen molar-refractivity contribution < 1.29 is 22.8 Å². The third kappa shape index (κ3) is 4.19. The molecule has 2 aliphatic heterocycles. The number of likely N-dealkylation sites (tertiary alicyclic amines) is 1. The lowest BCUT2D eigenvalue weighted by atomic mass is 9.91. The topological polar surface area (TPSA) is 40.6 Å². The fourth-order valence-electron chi connectivity index (χ4n) is 3.83. The van der Waals surface area contributed by atoms with E-state index in [1.54, 1.807) is 17.0 Å². The van der Waals surface area contributed by atoms with Crippen LogP contribution < -0.4 is 4.90 Å². The number of carbonyl (C=O) groups is 2. The van der Waals surface area contributed by atoms with E-state index in [0.29, 0.717) is 18.4 Å². The molecule has 2 heterocycles. The molecule has 26 heavy (non-hydrogen) atoms. The number of nitrogens with zero attached hydrogens (tertiary/aromatic N) is 2. The number of hydrogen-bond donors (Lipinski definition) is 0. The molecule has 3 rings (SSSR count). The van der Waals surface area contributed by atoms with Gasteiger partial charge in [0, 0.05) is 43.3 Å². The average Bonchev–Trinajstić information content (AvgIpc) is 2.67. The van der Waals surface area contributed by atoms with Crippen molar-refractivity contribution in [1.29, 1.82) is 0 Å². The summed E-state index contributed by atoms with van der Waals surface area (Å²) in [6, 6.07) is 7.33. The second-order valence-electron chi connectivity index (χ2n) is 7.11. The summed E-state index contributed by atoms with van der Waals surface area (Å²) >= 11 is 0. The number of aldehydes is 1. The Hall–Kier alpha value is -2.05. The van der Waals surface area contributed by atoms with Crippen LogP contribution in [0.2, 0.25) is 0 Å². The van der Waals surface area contributed by atoms with Gasteiger partial charge >= 0.3 is 6.18 Å². The summed E-state index contributed by atoms with van der Waals surface area (Å²) in [4.78, 5) is 27.1. The number of alkyl halides is 3. The molecule has 4 nitrogen and oxygen atoms in total. The summed E-state index contributed by atoms with van der Waals surface area (Å²) in [6.45, 7) is 1.87. The third-order valence-electron chi connectivity index (χ3n) is 5.51. The lowest BCUT2D eigenvalue weighted by Crippen LogP contribution is -2.47. The predicted molar refractivity (Wildman–Crippen MR) is 92.1 cm³/mol. The zero-order valence-corrected chi connectivity index (χ0v) is 14.5. The Morgan fingerprint density at radius 2 is 1.54 bits per heavy atom. The van der Waals surface area contributed by atoms with E-state index in [1.165, 1.54) is 0 Å². The maximum absolute atomic E-state index is 12.7. The van der Waals surface area contributed by atoms with Gasteiger partial charge in [-0.3, -0.25) is 9.59 Å². The minimum Gasteiger partial charge on any atom is -0.371 e. The predicted octanol–water partition coefficient (Wildman–Crippen LogP) is 3.52. The van der Waals surface area contributed by atoms with Crippen molar-refractivity contribution in [2.75, 3.05) is 31.1 Å². The first-order valence-corrected chi connectivity index (χ1v) is 9.04. The third-order valence-corrected chi connectivity index (χ3v) is 5.51. The summed E-state index contributed by atoms with van der Waals surface area (Å²) in [5.74, 6) is -1.38. The average molecular weight is 368 g/mol. The summed E-state index contributed by atoms with van der Waals surface area (Å²) < 4.78 is 38.2. The van der Waals surface area contributed by atoms with E-state index in [2.05, 4.69) is 4.90 Å². The molecule has 0 saturated carbocycles. The zero-order chi connectivity index (χ0) is 18.7. The van der Waals surface area contributed by atoms with E-state index in [1.807, 2.05) is 12.1 Å². The minimum absolute atomic E-state index is 0.00146. The number of amides is 1. The van der Waals surface area contributed by atoms with E-state index >= 15 is 0 Å². The van der Waals surface area contributed by atoms with E-state index in [9.17, 15) is 22.8 Å². The molecule has 0 aliphatic carbocycles. The first kappa shape index (κ1) is 18.7. The van der Waals surface area contributed by atoms with Crippen LogP contribution in [-0.2, 0) is 4.79 Å². The van der Waals surface area contributed by atoms with Crippen LogP contribution in [0.4, 0.5) is 18.9 Å². The van der Waals surface area contributed by atoms with Crippen LogP contribution in [0.1, 0.15) is 36.0 Å². The van der Waals surface area contributed by atoms with Gasteiger partial charge in [0.2, 0.25) is 5.91 Å². The number of halogens is 3. The maximum atomic E-state index is 12.7. The molecular weight excluding hydrogens is 345 g/mol. The van der Waals surface area contributed by atoms with Gasteiger partial charge in [0.25, 0.3) is 0 Å². The number of piperidine rings is 2. The van der Waals surface area contributed by atoms with Crippen LogP contribution in [0.25, 0.3) is 0 Å². The van der Waals surface area contributed by atoms with Gasteiger partial charge in [-0.1, -0.05) is 0 Å². The first-order chi connectivity index (χ1) is 12.4. The fraction of sp³-hybridized carbons (Fsp3) is 0.579. The highest BCUT2D eigenvalue weighted by atomic mass is 19.4. The molecule has 1 aromatic rings. The maximum Gasteiger partial charge on any atom is 0.391 e. The standard InChI is InChI=1S/C19H23F3N2O2/c20-19(21,22)16-7-11-24(12-8-16)18(26)15-5-9-23(10-6-15)17-3-1-14(13-25)2-4-17/h1-4,13,15-16H,5-12H2. The number of rotatable bonds is 3. The fourth-order valence-corrected chi connectivity index (χ4v) is 3.83. The quantitative estimate of drug-likeness (QED) is 0.767. The van der Waals surface area contributed by atoms with Crippen molar-refractivity contribution in [3.63, 3.8) is 0 Å². The Morgan fingerprint density at radius 3 is 2.04 bits per heavy atom. The molecular formula is C19H23F3N2O2. The Kier molecular flexibility index (Phi) is 5.53. The molecule has 0 spiro atoms. The molecule has 0 N–H and O–H groups in total. The summed E-state index contributed by atoms with van der Waals surface area (Å²) in [7, 11) is 0. The van der Waals surface area contributed by atoms with Crippen molar-refractivity contribution >= 4 is 17.9 Å². The second kappa shape index (κ2) is 7.68. The van der Waals surface area contributed by atoms with E-state index < -0.39 is 12.1 Å². The smallest absolute Gasteiger partial charge is 0.371 e. The molecule has 0 atom stereocenters. The van der Waals surface area contributed by atoms with Gasteiger partial charge < -0.3 is 9.80 Å². The molecule has 1 amide bonds. The molecule has 0 radical (unpaired) electrons. The van der Waals surface area contributed by atoms with Crippen molar-refractivity contribution in [3.05, 3.63) is 29.8 Å². The van der Waals surface area contributed by atoms with Crippen LogP contribution in [0.5, 0.6) is 0 Å². The van der Waals surface area contributed by atoms with E-state index in [-0.39, 0.29) is 37.8 Å². The SMILES string of the molecule is O=Cc1ccc(N2CCC(C(=O)N3CCC(C(F)(F)F)CC3)CC2)cc1. The minimum atomic E-state index is -4.15. The van der Waals surface area contributed by atoms with E-state index in [4.69, 9.17) is 0 Å². The summed E-state index contributed by atoms with van der Waals surface area (Å²) in [5, 5.41) is 0. The Bertz CT molecular complexity index is 629. The molecule has 7 heteroatoms.